The highest BCUT2D eigenvalue weighted by atomic mass is 19.1. The molecule has 0 aliphatic carbocycles. The molecule has 5 heteroatoms. The van der Waals surface area contributed by atoms with Crippen molar-refractivity contribution < 1.29 is 4.39 Å². The first-order valence-corrected chi connectivity index (χ1v) is 7.33. The van der Waals surface area contributed by atoms with Gasteiger partial charge in [0.25, 0.3) is 0 Å². The Labute approximate surface area is 133 Å². The second-order valence-electron chi connectivity index (χ2n) is 5.36. The summed E-state index contributed by atoms with van der Waals surface area (Å²) in [5.74, 6) is -0.242. The van der Waals surface area contributed by atoms with Crippen LogP contribution in [0.15, 0.2) is 42.5 Å². The Kier molecular flexibility index (Phi) is 4.15. The molecule has 1 N–H and O–H groups in total. The summed E-state index contributed by atoms with van der Waals surface area (Å²) in [6.45, 7) is 2.61. The number of nitrogens with zero attached hydrogens (tertiary/aromatic N) is 3. The summed E-state index contributed by atoms with van der Waals surface area (Å²) < 4.78 is 12.9. The number of fused-ring (bicyclic) bond motifs is 1. The van der Waals surface area contributed by atoms with Crippen LogP contribution in [0.2, 0.25) is 0 Å². The van der Waals surface area contributed by atoms with E-state index >= 15 is 0 Å². The van der Waals surface area contributed by atoms with Crippen molar-refractivity contribution in [2.75, 3.05) is 11.9 Å². The summed E-state index contributed by atoms with van der Waals surface area (Å²) in [6, 6.07) is 14.3. The van der Waals surface area contributed by atoms with E-state index in [1.54, 1.807) is 12.1 Å². The molecule has 0 spiro atoms. The summed E-state index contributed by atoms with van der Waals surface area (Å²) in [7, 11) is 0. The van der Waals surface area contributed by atoms with Gasteiger partial charge in [-0.05, 0) is 43.2 Å². The number of anilines is 1. The number of aromatic nitrogens is 2. The molecule has 0 unspecified atom stereocenters. The molecule has 0 aliphatic heterocycles. The highest BCUT2D eigenvalue weighted by Gasteiger charge is 2.10. The summed E-state index contributed by atoms with van der Waals surface area (Å²) in [6.07, 6.45) is 0.723. The molecule has 0 saturated heterocycles. The van der Waals surface area contributed by atoms with Gasteiger partial charge in [-0.15, -0.1) is 10.2 Å². The van der Waals surface area contributed by atoms with Crippen molar-refractivity contribution in [2.45, 2.75) is 13.3 Å². The summed E-state index contributed by atoms with van der Waals surface area (Å²) >= 11 is 0. The van der Waals surface area contributed by atoms with Gasteiger partial charge in [0, 0.05) is 11.9 Å². The summed E-state index contributed by atoms with van der Waals surface area (Å²) in [5.41, 5.74) is 3.85. The SMILES string of the molecule is Cc1ccc2nnc(C#N)c(NCCc3ccc(F)cc3)c2c1. The molecule has 2 aromatic carbocycles. The van der Waals surface area contributed by atoms with Crippen LogP contribution in [0.3, 0.4) is 0 Å². The molecule has 0 radical (unpaired) electrons. The number of nitriles is 1. The number of nitrogens with one attached hydrogen (secondary N) is 1. The first-order chi connectivity index (χ1) is 11.2. The van der Waals surface area contributed by atoms with E-state index in [1.807, 2.05) is 25.1 Å². The minimum atomic E-state index is -0.242. The normalized spacial score (nSPS) is 10.5. The molecular formula is C18H15FN4. The zero-order chi connectivity index (χ0) is 16.2. The smallest absolute Gasteiger partial charge is 0.186 e. The average molecular weight is 306 g/mol. The molecule has 23 heavy (non-hydrogen) atoms. The average Bonchev–Trinajstić information content (AvgIpc) is 2.56. The summed E-state index contributed by atoms with van der Waals surface area (Å²) in [5, 5.41) is 21.5. The maximum Gasteiger partial charge on any atom is 0.186 e. The number of benzene rings is 2. The fourth-order valence-electron chi connectivity index (χ4n) is 2.46. The van der Waals surface area contributed by atoms with Crippen LogP contribution in [-0.4, -0.2) is 16.7 Å². The molecule has 1 heterocycles. The number of hydrogen-bond donors (Lipinski definition) is 1. The van der Waals surface area contributed by atoms with Crippen LogP contribution >= 0.6 is 0 Å². The van der Waals surface area contributed by atoms with Crippen molar-refractivity contribution in [3.05, 3.63) is 65.1 Å². The third kappa shape index (κ3) is 3.27. The van der Waals surface area contributed by atoms with Crippen LogP contribution in [-0.2, 0) is 6.42 Å². The van der Waals surface area contributed by atoms with Gasteiger partial charge >= 0.3 is 0 Å². The van der Waals surface area contributed by atoms with Gasteiger partial charge in [-0.3, -0.25) is 0 Å². The Balaban J connectivity index is 1.85. The zero-order valence-electron chi connectivity index (χ0n) is 12.7. The molecule has 0 atom stereocenters. The largest absolute Gasteiger partial charge is 0.382 e. The maximum atomic E-state index is 12.9. The lowest BCUT2D eigenvalue weighted by molar-refractivity contribution is 0.627. The van der Waals surface area contributed by atoms with Crippen LogP contribution < -0.4 is 5.32 Å². The number of rotatable bonds is 4. The second-order valence-corrected chi connectivity index (χ2v) is 5.36. The van der Waals surface area contributed by atoms with Crippen molar-refractivity contribution in [3.8, 4) is 6.07 Å². The van der Waals surface area contributed by atoms with E-state index in [0.29, 0.717) is 12.2 Å². The van der Waals surface area contributed by atoms with Crippen LogP contribution in [0.25, 0.3) is 10.9 Å². The highest BCUT2D eigenvalue weighted by Crippen LogP contribution is 2.25. The van der Waals surface area contributed by atoms with Gasteiger partial charge in [0.2, 0.25) is 0 Å². The topological polar surface area (TPSA) is 61.6 Å². The maximum absolute atomic E-state index is 12.9. The van der Waals surface area contributed by atoms with Crippen molar-refractivity contribution in [3.63, 3.8) is 0 Å². The van der Waals surface area contributed by atoms with Crippen LogP contribution in [0.5, 0.6) is 0 Å². The Bertz CT molecular complexity index is 882. The molecular weight excluding hydrogens is 291 g/mol. The lowest BCUT2D eigenvalue weighted by Crippen LogP contribution is -2.08. The van der Waals surface area contributed by atoms with Crippen LogP contribution in [0.4, 0.5) is 10.1 Å². The van der Waals surface area contributed by atoms with E-state index in [2.05, 4.69) is 21.6 Å². The lowest BCUT2D eigenvalue weighted by Gasteiger charge is -2.11. The van der Waals surface area contributed by atoms with E-state index in [4.69, 9.17) is 0 Å². The molecule has 0 bridgehead atoms. The number of aryl methyl sites for hydroxylation is 1. The fraction of sp³-hybridized carbons (Fsp3) is 0.167. The van der Waals surface area contributed by atoms with Crippen molar-refractivity contribution in [1.82, 2.24) is 10.2 Å². The fourth-order valence-corrected chi connectivity index (χ4v) is 2.46. The van der Waals surface area contributed by atoms with Gasteiger partial charge in [-0.1, -0.05) is 23.8 Å². The van der Waals surface area contributed by atoms with Gasteiger partial charge < -0.3 is 5.32 Å². The van der Waals surface area contributed by atoms with Gasteiger partial charge in [0.1, 0.15) is 11.9 Å². The molecule has 0 aliphatic rings. The highest BCUT2D eigenvalue weighted by molar-refractivity contribution is 5.93. The van der Waals surface area contributed by atoms with Crippen molar-refractivity contribution in [1.29, 1.82) is 5.26 Å². The van der Waals surface area contributed by atoms with E-state index in [-0.39, 0.29) is 11.5 Å². The monoisotopic (exact) mass is 306 g/mol. The van der Waals surface area contributed by atoms with Crippen molar-refractivity contribution in [2.24, 2.45) is 0 Å². The molecule has 3 aromatic rings. The van der Waals surface area contributed by atoms with Crippen LogP contribution in [0.1, 0.15) is 16.8 Å². The summed E-state index contributed by atoms with van der Waals surface area (Å²) in [4.78, 5) is 0. The zero-order valence-corrected chi connectivity index (χ0v) is 12.7. The van der Waals surface area contributed by atoms with Gasteiger partial charge in [0.05, 0.1) is 11.2 Å². The Morgan fingerprint density at radius 1 is 1.13 bits per heavy atom. The molecule has 3 rings (SSSR count). The standard InChI is InChI=1S/C18H15FN4/c1-12-2-7-16-15(10-12)18(17(11-20)23-22-16)21-9-8-13-3-5-14(19)6-4-13/h2-7,10H,8-9H2,1H3,(H,21,22). The van der Waals surface area contributed by atoms with E-state index in [1.165, 1.54) is 12.1 Å². The molecule has 4 nitrogen and oxygen atoms in total. The predicted octanol–water partition coefficient (Wildman–Crippen LogP) is 3.60. The third-order valence-corrected chi connectivity index (χ3v) is 3.65. The Morgan fingerprint density at radius 2 is 1.91 bits per heavy atom. The van der Waals surface area contributed by atoms with E-state index in [0.717, 1.165) is 28.5 Å². The lowest BCUT2D eigenvalue weighted by atomic mass is 10.1. The Hall–Kier alpha value is -3.00. The second kappa shape index (κ2) is 6.41. The molecule has 0 amide bonds. The van der Waals surface area contributed by atoms with Crippen LogP contribution in [0, 0.1) is 24.1 Å². The Morgan fingerprint density at radius 3 is 2.65 bits per heavy atom. The van der Waals surface area contributed by atoms with E-state index in [9.17, 15) is 9.65 Å². The third-order valence-electron chi connectivity index (χ3n) is 3.65. The first kappa shape index (κ1) is 14.9. The molecule has 0 fully saturated rings. The first-order valence-electron chi connectivity index (χ1n) is 7.33. The molecule has 1 aromatic heterocycles. The predicted molar refractivity (Wildman–Crippen MR) is 87.6 cm³/mol. The quantitative estimate of drug-likeness (QED) is 0.800. The van der Waals surface area contributed by atoms with Gasteiger partial charge in [-0.25, -0.2) is 4.39 Å². The van der Waals surface area contributed by atoms with Crippen molar-refractivity contribution >= 4 is 16.6 Å². The molecule has 0 saturated carbocycles. The number of hydrogen-bond acceptors (Lipinski definition) is 4. The molecule has 114 valence electrons. The van der Waals surface area contributed by atoms with Gasteiger partial charge in [-0.2, -0.15) is 5.26 Å². The van der Waals surface area contributed by atoms with E-state index < -0.39 is 0 Å². The minimum absolute atomic E-state index is 0.242. The minimum Gasteiger partial charge on any atom is -0.382 e. The van der Waals surface area contributed by atoms with Gasteiger partial charge in [0.15, 0.2) is 5.69 Å². The number of halogens is 1.